The number of carbonyl (C=O) groups excluding carboxylic acids is 1. The number of hydrogen-bond donors (Lipinski definition) is 0. The smallest absolute Gasteiger partial charge is 0.246 e. The highest BCUT2D eigenvalue weighted by Crippen LogP contribution is 2.33. The molecule has 3 heterocycles. The van der Waals surface area contributed by atoms with Crippen LogP contribution in [0.1, 0.15) is 40.7 Å². The summed E-state index contributed by atoms with van der Waals surface area (Å²) in [7, 11) is 1.92. The molecule has 5 nitrogen and oxygen atoms in total. The van der Waals surface area contributed by atoms with Crippen LogP contribution in [0.25, 0.3) is 16.3 Å². The summed E-state index contributed by atoms with van der Waals surface area (Å²) in [4.78, 5) is 19.3. The maximum absolute atomic E-state index is 12.6. The molecule has 1 aromatic carbocycles. The number of likely N-dealkylation sites (tertiary alicyclic amines) is 1. The van der Waals surface area contributed by atoms with Crippen molar-refractivity contribution < 1.29 is 4.79 Å². The number of nitrogens with zero attached hydrogens (tertiary/aromatic N) is 4. The van der Waals surface area contributed by atoms with E-state index in [0.717, 1.165) is 48.4 Å². The zero-order valence-corrected chi connectivity index (χ0v) is 16.8. The van der Waals surface area contributed by atoms with E-state index in [9.17, 15) is 4.79 Å². The number of hydrogen-bond acceptors (Lipinski definition) is 4. The molecule has 1 aliphatic heterocycles. The number of aryl methyl sites for hydroxylation is 2. The van der Waals surface area contributed by atoms with Crippen molar-refractivity contribution in [3.8, 4) is 0 Å². The number of aromatic nitrogens is 3. The molecule has 0 radical (unpaired) electrons. The fourth-order valence-electron chi connectivity index (χ4n) is 3.70. The number of piperidine rings is 1. The van der Waals surface area contributed by atoms with E-state index in [2.05, 4.69) is 23.3 Å². The second kappa shape index (κ2) is 7.27. The Labute approximate surface area is 163 Å². The molecule has 3 aromatic rings. The molecule has 6 heteroatoms. The predicted molar refractivity (Wildman–Crippen MR) is 110 cm³/mol. The summed E-state index contributed by atoms with van der Waals surface area (Å²) >= 11 is 1.79. The molecule has 4 rings (SSSR count). The second-order valence-corrected chi connectivity index (χ2v) is 8.22. The van der Waals surface area contributed by atoms with Crippen molar-refractivity contribution in [3.05, 3.63) is 52.3 Å². The van der Waals surface area contributed by atoms with Gasteiger partial charge < -0.3 is 4.90 Å². The van der Waals surface area contributed by atoms with E-state index >= 15 is 0 Å². The monoisotopic (exact) mass is 380 g/mol. The number of fused-ring (bicyclic) bond motifs is 1. The Morgan fingerprint density at radius 2 is 1.96 bits per heavy atom. The highest BCUT2D eigenvalue weighted by molar-refractivity contribution is 7.18. The quantitative estimate of drug-likeness (QED) is 0.644. The first-order valence-electron chi connectivity index (χ1n) is 9.35. The summed E-state index contributed by atoms with van der Waals surface area (Å²) in [6, 6.07) is 8.29. The van der Waals surface area contributed by atoms with Gasteiger partial charge in [0.1, 0.15) is 0 Å². The van der Waals surface area contributed by atoms with Crippen molar-refractivity contribution >= 4 is 33.5 Å². The molecule has 1 aliphatic rings. The highest BCUT2D eigenvalue weighted by atomic mass is 32.1. The summed E-state index contributed by atoms with van der Waals surface area (Å²) in [5, 5.41) is 5.61. The van der Waals surface area contributed by atoms with Gasteiger partial charge in [0, 0.05) is 43.4 Å². The van der Waals surface area contributed by atoms with Gasteiger partial charge in [0.2, 0.25) is 5.91 Å². The zero-order chi connectivity index (χ0) is 19.0. The second-order valence-electron chi connectivity index (χ2n) is 7.16. The standard InChI is InChI=1S/C21H24N4OS/c1-14-17(15(2)24(3)23-14)8-9-20(26)25-12-10-16(11-13-25)21-22-18-6-4-5-7-19(18)27-21/h4-9,16H,10-13H2,1-3H3/b9-8+. The fraction of sp³-hybridized carbons (Fsp3) is 0.381. The first-order chi connectivity index (χ1) is 13.0. The van der Waals surface area contributed by atoms with Crippen molar-refractivity contribution in [1.82, 2.24) is 19.7 Å². The van der Waals surface area contributed by atoms with Gasteiger partial charge in [0.05, 0.1) is 20.9 Å². The van der Waals surface area contributed by atoms with E-state index < -0.39 is 0 Å². The molecule has 27 heavy (non-hydrogen) atoms. The number of amides is 1. The topological polar surface area (TPSA) is 51.0 Å². The Bertz CT molecular complexity index is 976. The van der Waals surface area contributed by atoms with Gasteiger partial charge >= 0.3 is 0 Å². The van der Waals surface area contributed by atoms with Crippen LogP contribution in [0.15, 0.2) is 30.3 Å². The van der Waals surface area contributed by atoms with Gasteiger partial charge in [-0.15, -0.1) is 11.3 Å². The van der Waals surface area contributed by atoms with Gasteiger partial charge in [0.15, 0.2) is 0 Å². The van der Waals surface area contributed by atoms with E-state index in [1.807, 2.05) is 42.6 Å². The Morgan fingerprint density at radius 3 is 2.63 bits per heavy atom. The molecule has 0 saturated carbocycles. The van der Waals surface area contributed by atoms with Crippen LogP contribution in [0.4, 0.5) is 0 Å². The Morgan fingerprint density at radius 1 is 1.22 bits per heavy atom. The molecule has 1 saturated heterocycles. The van der Waals surface area contributed by atoms with Gasteiger partial charge in [-0.2, -0.15) is 5.10 Å². The molecule has 0 aliphatic carbocycles. The molecule has 1 fully saturated rings. The van der Waals surface area contributed by atoms with Gasteiger partial charge in [-0.25, -0.2) is 4.98 Å². The lowest BCUT2D eigenvalue weighted by molar-refractivity contribution is -0.126. The van der Waals surface area contributed by atoms with Crippen molar-refractivity contribution in [2.24, 2.45) is 7.05 Å². The summed E-state index contributed by atoms with van der Waals surface area (Å²) < 4.78 is 3.10. The minimum Gasteiger partial charge on any atom is -0.339 e. The Hall–Kier alpha value is -2.47. The number of benzene rings is 1. The van der Waals surface area contributed by atoms with Crippen LogP contribution in [0, 0.1) is 13.8 Å². The number of rotatable bonds is 3. The molecule has 140 valence electrons. The van der Waals surface area contributed by atoms with E-state index in [0.29, 0.717) is 5.92 Å². The van der Waals surface area contributed by atoms with Crippen LogP contribution in [0.3, 0.4) is 0 Å². The highest BCUT2D eigenvalue weighted by Gasteiger charge is 2.25. The number of carbonyl (C=O) groups is 1. The maximum atomic E-state index is 12.6. The SMILES string of the molecule is Cc1nn(C)c(C)c1/C=C/C(=O)N1CCC(c2nc3ccccc3s2)CC1. The predicted octanol–water partition coefficient (Wildman–Crippen LogP) is 4.07. The Balaban J connectivity index is 1.39. The molecule has 0 spiro atoms. The van der Waals surface area contributed by atoms with Crippen LogP contribution in [0.2, 0.25) is 0 Å². The minimum atomic E-state index is 0.0837. The van der Waals surface area contributed by atoms with Gasteiger partial charge in [-0.05, 0) is 44.9 Å². The molecule has 0 atom stereocenters. The lowest BCUT2D eigenvalue weighted by atomic mass is 9.97. The third-order valence-corrected chi connectivity index (χ3v) is 6.62. The summed E-state index contributed by atoms with van der Waals surface area (Å²) in [5.41, 5.74) is 4.15. The third-order valence-electron chi connectivity index (χ3n) is 5.42. The molecule has 2 aromatic heterocycles. The molecule has 1 amide bonds. The third kappa shape index (κ3) is 3.54. The minimum absolute atomic E-state index is 0.0837. The van der Waals surface area contributed by atoms with E-state index in [1.54, 1.807) is 17.4 Å². The first-order valence-corrected chi connectivity index (χ1v) is 10.2. The largest absolute Gasteiger partial charge is 0.339 e. The van der Waals surface area contributed by atoms with Crippen LogP contribution in [0.5, 0.6) is 0 Å². The normalized spacial score (nSPS) is 15.9. The number of para-hydroxylation sites is 1. The molecule has 0 unspecified atom stereocenters. The summed E-state index contributed by atoms with van der Waals surface area (Å²) in [5.74, 6) is 0.540. The van der Waals surface area contributed by atoms with Gasteiger partial charge in [-0.3, -0.25) is 9.48 Å². The van der Waals surface area contributed by atoms with Crippen molar-refractivity contribution in [2.75, 3.05) is 13.1 Å². The van der Waals surface area contributed by atoms with Crippen LogP contribution in [-0.2, 0) is 11.8 Å². The lowest BCUT2D eigenvalue weighted by Crippen LogP contribution is -2.36. The fourth-order valence-corrected chi connectivity index (χ4v) is 4.84. The van der Waals surface area contributed by atoms with Crippen LogP contribution in [-0.4, -0.2) is 38.7 Å². The van der Waals surface area contributed by atoms with E-state index in [1.165, 1.54) is 9.71 Å². The molecule has 0 bridgehead atoms. The van der Waals surface area contributed by atoms with E-state index in [4.69, 9.17) is 4.98 Å². The summed E-state index contributed by atoms with van der Waals surface area (Å²) in [6.45, 7) is 5.57. The van der Waals surface area contributed by atoms with E-state index in [-0.39, 0.29) is 5.91 Å². The lowest BCUT2D eigenvalue weighted by Gasteiger charge is -2.30. The average Bonchev–Trinajstić information content (AvgIpc) is 3.21. The first kappa shape index (κ1) is 17.9. The van der Waals surface area contributed by atoms with Crippen LogP contribution < -0.4 is 0 Å². The van der Waals surface area contributed by atoms with Gasteiger partial charge in [-0.1, -0.05) is 12.1 Å². The molecule has 0 N–H and O–H groups in total. The molecular formula is C21H24N4OS. The summed E-state index contributed by atoms with van der Waals surface area (Å²) in [6.07, 6.45) is 5.55. The zero-order valence-electron chi connectivity index (χ0n) is 16.0. The Kier molecular flexibility index (Phi) is 4.83. The van der Waals surface area contributed by atoms with Crippen molar-refractivity contribution in [1.29, 1.82) is 0 Å². The maximum Gasteiger partial charge on any atom is 0.246 e. The average molecular weight is 381 g/mol. The number of thiazole rings is 1. The van der Waals surface area contributed by atoms with Crippen molar-refractivity contribution in [2.45, 2.75) is 32.6 Å². The van der Waals surface area contributed by atoms with Gasteiger partial charge in [0.25, 0.3) is 0 Å². The molecular weight excluding hydrogens is 356 g/mol. The van der Waals surface area contributed by atoms with Crippen molar-refractivity contribution in [3.63, 3.8) is 0 Å². The van der Waals surface area contributed by atoms with Crippen LogP contribution >= 0.6 is 11.3 Å².